The minimum Gasteiger partial charge on any atom is -0.309 e. The minimum absolute atomic E-state index is 0. The fourth-order valence-electron chi connectivity index (χ4n) is 0.987. The van der Waals surface area contributed by atoms with E-state index < -0.39 is 20.4 Å². The number of nitro groups is 1. The van der Waals surface area contributed by atoms with Crippen molar-refractivity contribution >= 4 is 15.8 Å². The fourth-order valence-corrected chi connectivity index (χ4v) is 1.48. The molecule has 9 heteroatoms. The van der Waals surface area contributed by atoms with Crippen LogP contribution in [0.15, 0.2) is 24.3 Å². The molecule has 3 N–H and O–H groups in total. The molecule has 0 aliphatic heterocycles. The van der Waals surface area contributed by atoms with Gasteiger partial charge in [-0.2, -0.15) is 8.42 Å². The summed E-state index contributed by atoms with van der Waals surface area (Å²) in [7, 11) is -4.44. The van der Waals surface area contributed by atoms with Gasteiger partial charge in [-0.25, -0.2) is 0 Å². The van der Waals surface area contributed by atoms with Crippen LogP contribution in [0.25, 0.3) is 0 Å². The van der Waals surface area contributed by atoms with Gasteiger partial charge in [-0.3, -0.25) is 14.7 Å². The maximum atomic E-state index is 10.7. The van der Waals surface area contributed by atoms with Gasteiger partial charge < -0.3 is 5.73 Å². The Kier molecular flexibility index (Phi) is 5.53. The third-order valence-electron chi connectivity index (χ3n) is 1.73. The van der Waals surface area contributed by atoms with Gasteiger partial charge in [0.25, 0.3) is 15.8 Å². The molecule has 1 rings (SSSR count). The zero-order valence-corrected chi connectivity index (χ0v) is 11.2. The van der Waals surface area contributed by atoms with E-state index in [0.29, 0.717) is 0 Å². The Morgan fingerprint density at radius 3 is 2.44 bits per heavy atom. The first kappa shape index (κ1) is 15.5. The summed E-state index contributed by atoms with van der Waals surface area (Å²) in [5, 5.41) is 8.71. The standard InChI is InChI=1S/C7H8N2O5S.Na/c8-7(15(12,13)14)5-2-1-3-6(4-5)9(10)11;/h1-4,7H,8H2,(H,12,13,14);/q;+1. The molecule has 1 aromatic rings. The Bertz CT molecular complexity index is 489. The molecule has 1 aromatic carbocycles. The molecule has 82 valence electrons. The normalized spacial score (nSPS) is 12.6. The van der Waals surface area contributed by atoms with Gasteiger partial charge in [0.2, 0.25) is 0 Å². The van der Waals surface area contributed by atoms with Gasteiger partial charge >= 0.3 is 29.6 Å². The van der Waals surface area contributed by atoms with E-state index in [4.69, 9.17) is 10.3 Å². The first-order chi connectivity index (χ1) is 6.82. The fraction of sp³-hybridized carbons (Fsp3) is 0.143. The Balaban J connectivity index is 0.00000225. The summed E-state index contributed by atoms with van der Waals surface area (Å²) in [6, 6.07) is 4.77. The van der Waals surface area contributed by atoms with E-state index in [-0.39, 0.29) is 40.8 Å². The number of benzene rings is 1. The van der Waals surface area contributed by atoms with Gasteiger partial charge in [0.15, 0.2) is 5.37 Å². The second-order valence-corrected chi connectivity index (χ2v) is 4.33. The molecule has 0 bridgehead atoms. The maximum Gasteiger partial charge on any atom is 1.00 e. The minimum atomic E-state index is -4.44. The Morgan fingerprint density at radius 2 is 2.00 bits per heavy atom. The third-order valence-corrected chi connectivity index (χ3v) is 2.64. The molecule has 0 aliphatic carbocycles. The topological polar surface area (TPSA) is 124 Å². The van der Waals surface area contributed by atoms with Gasteiger partial charge in [0.1, 0.15) is 0 Å². The van der Waals surface area contributed by atoms with Crippen LogP contribution in [-0.2, 0) is 10.1 Å². The summed E-state index contributed by atoms with van der Waals surface area (Å²) < 4.78 is 30.0. The third kappa shape index (κ3) is 3.81. The Morgan fingerprint density at radius 1 is 1.44 bits per heavy atom. The molecule has 0 fully saturated rings. The smallest absolute Gasteiger partial charge is 0.309 e. The average Bonchev–Trinajstić information content (AvgIpc) is 2.15. The van der Waals surface area contributed by atoms with Crippen LogP contribution in [0.2, 0.25) is 0 Å². The van der Waals surface area contributed by atoms with Gasteiger partial charge in [-0.05, 0) is 5.56 Å². The molecular weight excluding hydrogens is 247 g/mol. The van der Waals surface area contributed by atoms with Gasteiger partial charge in [0, 0.05) is 12.1 Å². The van der Waals surface area contributed by atoms with E-state index in [2.05, 4.69) is 0 Å². The molecular formula is C7H8N2NaO5S+. The number of nitrogens with zero attached hydrogens (tertiary/aromatic N) is 1. The first-order valence-corrected chi connectivity index (χ1v) is 5.29. The van der Waals surface area contributed by atoms with Crippen molar-refractivity contribution < 1.29 is 47.5 Å². The van der Waals surface area contributed by atoms with Crippen molar-refractivity contribution in [2.45, 2.75) is 5.37 Å². The number of hydrogen-bond acceptors (Lipinski definition) is 5. The van der Waals surface area contributed by atoms with Crippen LogP contribution in [0.1, 0.15) is 10.9 Å². The van der Waals surface area contributed by atoms with E-state index in [1.807, 2.05) is 0 Å². The van der Waals surface area contributed by atoms with Gasteiger partial charge in [-0.15, -0.1) is 0 Å². The zero-order chi connectivity index (χ0) is 11.6. The molecule has 7 nitrogen and oxygen atoms in total. The monoisotopic (exact) mass is 255 g/mol. The summed E-state index contributed by atoms with van der Waals surface area (Å²) in [5.74, 6) is 0. The van der Waals surface area contributed by atoms with Crippen molar-refractivity contribution in [1.29, 1.82) is 0 Å². The molecule has 0 radical (unpaired) electrons. The van der Waals surface area contributed by atoms with Crippen molar-refractivity contribution in [2.24, 2.45) is 5.73 Å². The summed E-state index contributed by atoms with van der Waals surface area (Å²) in [5.41, 5.74) is 4.86. The van der Waals surface area contributed by atoms with Crippen LogP contribution in [0.4, 0.5) is 5.69 Å². The predicted molar refractivity (Wildman–Crippen MR) is 51.6 cm³/mol. The summed E-state index contributed by atoms with van der Waals surface area (Å²) in [4.78, 5) is 9.70. The van der Waals surface area contributed by atoms with Crippen molar-refractivity contribution in [2.75, 3.05) is 0 Å². The number of rotatable bonds is 3. The second kappa shape index (κ2) is 5.71. The van der Waals surface area contributed by atoms with Crippen molar-refractivity contribution in [3.05, 3.63) is 39.9 Å². The van der Waals surface area contributed by atoms with E-state index in [1.54, 1.807) is 0 Å². The van der Waals surface area contributed by atoms with Gasteiger partial charge in [0.05, 0.1) is 4.92 Å². The van der Waals surface area contributed by atoms with Crippen molar-refractivity contribution in [3.8, 4) is 0 Å². The van der Waals surface area contributed by atoms with E-state index >= 15 is 0 Å². The molecule has 1 unspecified atom stereocenters. The van der Waals surface area contributed by atoms with E-state index in [9.17, 15) is 18.5 Å². The van der Waals surface area contributed by atoms with Crippen LogP contribution in [0.5, 0.6) is 0 Å². The summed E-state index contributed by atoms with van der Waals surface area (Å²) in [6.45, 7) is 0. The van der Waals surface area contributed by atoms with Crippen molar-refractivity contribution in [1.82, 2.24) is 0 Å². The summed E-state index contributed by atoms with van der Waals surface area (Å²) >= 11 is 0. The quantitative estimate of drug-likeness (QED) is 0.265. The predicted octanol–water partition coefficient (Wildman–Crippen LogP) is -2.56. The van der Waals surface area contributed by atoms with E-state index in [0.717, 1.165) is 6.07 Å². The first-order valence-electron chi connectivity index (χ1n) is 3.78. The molecule has 0 spiro atoms. The molecule has 0 saturated carbocycles. The SMILES string of the molecule is NC(c1cccc([N+](=O)[O-])c1)S(=O)(=O)O.[Na+]. The molecule has 0 aromatic heterocycles. The molecule has 0 heterocycles. The average molecular weight is 255 g/mol. The summed E-state index contributed by atoms with van der Waals surface area (Å²) in [6.07, 6.45) is 0. The molecule has 1 atom stereocenters. The van der Waals surface area contributed by atoms with E-state index in [1.165, 1.54) is 18.2 Å². The van der Waals surface area contributed by atoms with Gasteiger partial charge in [-0.1, -0.05) is 12.1 Å². The molecule has 0 saturated heterocycles. The maximum absolute atomic E-state index is 10.7. The Hall–Kier alpha value is -0.510. The molecule has 0 amide bonds. The molecule has 16 heavy (non-hydrogen) atoms. The number of non-ortho nitro benzene ring substituents is 1. The van der Waals surface area contributed by atoms with Crippen LogP contribution >= 0.6 is 0 Å². The van der Waals surface area contributed by atoms with Crippen LogP contribution < -0.4 is 35.3 Å². The number of hydrogen-bond donors (Lipinski definition) is 2. The van der Waals surface area contributed by atoms with Crippen LogP contribution in [0.3, 0.4) is 0 Å². The van der Waals surface area contributed by atoms with Crippen LogP contribution in [-0.4, -0.2) is 17.9 Å². The largest absolute Gasteiger partial charge is 1.00 e. The second-order valence-electron chi connectivity index (χ2n) is 2.79. The Labute approximate surface area is 114 Å². The zero-order valence-electron chi connectivity index (χ0n) is 8.40. The van der Waals surface area contributed by atoms with Crippen molar-refractivity contribution in [3.63, 3.8) is 0 Å². The van der Waals surface area contributed by atoms with Crippen LogP contribution in [0, 0.1) is 10.1 Å². The number of nitro benzene ring substituents is 1. The molecule has 0 aliphatic rings. The number of nitrogens with two attached hydrogens (primary N) is 1.